The number of allylic oxidation sites excluding steroid dienone is 2. The number of para-hydroxylation sites is 1. The molecule has 0 saturated heterocycles. The second kappa shape index (κ2) is 15.1. The average molecular weight is 544 g/mol. The number of benzene rings is 3. The van der Waals surface area contributed by atoms with Crippen LogP contribution in [0.2, 0.25) is 0 Å². The molecule has 4 nitrogen and oxygen atoms in total. The molecule has 3 aromatic carbocycles. The fourth-order valence-corrected chi connectivity index (χ4v) is 4.35. The number of nitrogens with zero attached hydrogens (tertiary/aromatic N) is 2. The van der Waals surface area contributed by atoms with Crippen molar-refractivity contribution in [1.82, 2.24) is 15.1 Å². The maximum absolute atomic E-state index is 5.79. The van der Waals surface area contributed by atoms with Crippen molar-refractivity contribution in [2.45, 2.75) is 54.0 Å². The molecule has 0 aliphatic carbocycles. The number of rotatable bonds is 8. The van der Waals surface area contributed by atoms with Crippen LogP contribution in [-0.2, 0) is 19.4 Å². The predicted molar refractivity (Wildman–Crippen MR) is 174 cm³/mol. The summed E-state index contributed by atoms with van der Waals surface area (Å²) in [6.07, 6.45) is 14.2. The van der Waals surface area contributed by atoms with Crippen molar-refractivity contribution in [2.24, 2.45) is 0 Å². The molecule has 41 heavy (non-hydrogen) atoms. The van der Waals surface area contributed by atoms with E-state index in [9.17, 15) is 0 Å². The molecule has 0 bridgehead atoms. The van der Waals surface area contributed by atoms with Gasteiger partial charge in [0.15, 0.2) is 5.76 Å². The fraction of sp³-hybridized carbons (Fsp3) is 0.216. The van der Waals surface area contributed by atoms with Crippen molar-refractivity contribution in [3.8, 4) is 12.8 Å². The lowest BCUT2D eigenvalue weighted by molar-refractivity contribution is 0.591. The lowest BCUT2D eigenvalue weighted by Gasteiger charge is -2.07. The van der Waals surface area contributed by atoms with Crippen molar-refractivity contribution in [2.75, 3.05) is 0 Å². The standard InChI is InChI=1S/C19H19NO.C16H20N2.C2H2/c1-3-15-8-10-16(11-9-15)13-20-14(2)19-12-17-6-4-5-7-18(17)21-19;1-12-7-5-6-8-16(12)10-9-14(3)18-15(4)13(2)11-17-18;1-2/h4-12,20H,2-3,13H2,1H3;5-9,11H,10H2,1-4H3;1-2H/b;14-9-;. The second-order valence-corrected chi connectivity index (χ2v) is 9.95. The van der Waals surface area contributed by atoms with Crippen molar-refractivity contribution in [3.05, 3.63) is 137 Å². The number of nitrogens with one attached hydrogen (secondary N) is 1. The summed E-state index contributed by atoms with van der Waals surface area (Å²) in [5.74, 6) is 0.793. The second-order valence-electron chi connectivity index (χ2n) is 9.95. The van der Waals surface area contributed by atoms with Crippen LogP contribution < -0.4 is 5.32 Å². The maximum atomic E-state index is 5.79. The Balaban J connectivity index is 0.000000215. The van der Waals surface area contributed by atoms with Gasteiger partial charge in [-0.25, -0.2) is 4.68 Å². The molecule has 0 unspecified atom stereocenters. The Morgan fingerprint density at radius 1 is 0.927 bits per heavy atom. The summed E-state index contributed by atoms with van der Waals surface area (Å²) < 4.78 is 7.80. The van der Waals surface area contributed by atoms with Gasteiger partial charge in [-0.3, -0.25) is 0 Å². The summed E-state index contributed by atoms with van der Waals surface area (Å²) in [5, 5.41) is 8.82. The lowest BCUT2D eigenvalue weighted by atomic mass is 10.1. The minimum absolute atomic E-state index is 0.750. The Hall–Kier alpha value is -4.75. The van der Waals surface area contributed by atoms with Crippen LogP contribution in [0.15, 0.2) is 102 Å². The Bertz CT molecular complexity index is 1580. The predicted octanol–water partition coefficient (Wildman–Crippen LogP) is 8.92. The third-order valence-electron chi connectivity index (χ3n) is 7.13. The van der Waals surface area contributed by atoms with Gasteiger partial charge in [0.2, 0.25) is 0 Å². The van der Waals surface area contributed by atoms with Crippen LogP contribution >= 0.6 is 0 Å². The van der Waals surface area contributed by atoms with Gasteiger partial charge in [0.1, 0.15) is 5.58 Å². The Kier molecular flexibility index (Phi) is 11.4. The molecule has 4 heteroatoms. The van der Waals surface area contributed by atoms with Crippen molar-refractivity contribution < 1.29 is 4.42 Å². The topological polar surface area (TPSA) is 43.0 Å². The third-order valence-corrected chi connectivity index (χ3v) is 7.13. The van der Waals surface area contributed by atoms with Crippen LogP contribution in [0.25, 0.3) is 22.4 Å². The third kappa shape index (κ3) is 8.37. The van der Waals surface area contributed by atoms with Crippen molar-refractivity contribution >= 4 is 22.4 Å². The first-order valence-corrected chi connectivity index (χ1v) is 13.9. The summed E-state index contributed by atoms with van der Waals surface area (Å²) in [4.78, 5) is 0. The van der Waals surface area contributed by atoms with E-state index in [0.717, 1.165) is 41.8 Å². The summed E-state index contributed by atoms with van der Waals surface area (Å²) in [6, 6.07) is 27.2. The van der Waals surface area contributed by atoms with Crippen LogP contribution in [0.3, 0.4) is 0 Å². The highest BCUT2D eigenvalue weighted by molar-refractivity contribution is 5.81. The van der Waals surface area contributed by atoms with E-state index in [1.165, 1.54) is 39.2 Å². The number of terminal acetylenes is 1. The molecule has 0 saturated carbocycles. The summed E-state index contributed by atoms with van der Waals surface area (Å²) in [5.41, 5.74) is 10.7. The molecule has 1 N–H and O–H groups in total. The SMILES string of the molecule is C#C.C/C(=C/Cc1ccccc1C)n1ncc(C)c1C.C=C(NCc1ccc(CC)cc1)c1cc2ccccc2o1. The molecule has 210 valence electrons. The number of furan rings is 1. The molecule has 5 rings (SSSR count). The van der Waals surface area contributed by atoms with Crippen molar-refractivity contribution in [3.63, 3.8) is 0 Å². The molecule has 0 radical (unpaired) electrons. The minimum Gasteiger partial charge on any atom is -0.455 e. The van der Waals surface area contributed by atoms with E-state index in [-0.39, 0.29) is 0 Å². The van der Waals surface area contributed by atoms with Crippen LogP contribution in [0.5, 0.6) is 0 Å². The van der Waals surface area contributed by atoms with Gasteiger partial charge in [0.05, 0.1) is 11.9 Å². The van der Waals surface area contributed by atoms with Gasteiger partial charge in [-0.2, -0.15) is 5.10 Å². The van der Waals surface area contributed by atoms with Gasteiger partial charge in [0.25, 0.3) is 0 Å². The smallest absolute Gasteiger partial charge is 0.150 e. The molecule has 2 aromatic heterocycles. The monoisotopic (exact) mass is 543 g/mol. The lowest BCUT2D eigenvalue weighted by Crippen LogP contribution is -2.10. The van der Waals surface area contributed by atoms with E-state index >= 15 is 0 Å². The van der Waals surface area contributed by atoms with E-state index in [2.05, 4.69) is 119 Å². The largest absolute Gasteiger partial charge is 0.455 e. The number of hydrogen-bond acceptors (Lipinski definition) is 3. The van der Waals surface area contributed by atoms with E-state index in [0.29, 0.717) is 0 Å². The molecule has 0 fully saturated rings. The van der Waals surface area contributed by atoms with Gasteiger partial charge in [-0.05, 0) is 80.5 Å². The van der Waals surface area contributed by atoms with Gasteiger partial charge in [-0.1, -0.05) is 86.3 Å². The van der Waals surface area contributed by atoms with Crippen molar-refractivity contribution in [1.29, 1.82) is 0 Å². The summed E-state index contributed by atoms with van der Waals surface area (Å²) in [7, 11) is 0. The van der Waals surface area contributed by atoms with Gasteiger partial charge in [-0.15, -0.1) is 12.8 Å². The Morgan fingerprint density at radius 2 is 1.59 bits per heavy atom. The first kappa shape index (κ1) is 30.8. The maximum Gasteiger partial charge on any atom is 0.150 e. The molecular formula is C37H41N3O. The van der Waals surface area contributed by atoms with Gasteiger partial charge >= 0.3 is 0 Å². The number of fused-ring (bicyclic) bond motifs is 1. The Morgan fingerprint density at radius 3 is 2.22 bits per heavy atom. The number of aromatic nitrogens is 2. The Labute approximate surface area is 245 Å². The molecule has 0 spiro atoms. The number of aryl methyl sites for hydroxylation is 3. The minimum atomic E-state index is 0.750. The van der Waals surface area contributed by atoms with E-state index in [1.807, 2.05) is 41.2 Å². The molecule has 0 aliphatic rings. The van der Waals surface area contributed by atoms with Crippen LogP contribution in [0.1, 0.15) is 53.1 Å². The first-order valence-electron chi connectivity index (χ1n) is 13.9. The van der Waals surface area contributed by atoms with E-state index in [1.54, 1.807) is 0 Å². The fourth-order valence-electron chi connectivity index (χ4n) is 4.35. The van der Waals surface area contributed by atoms with Crippen LogP contribution in [0, 0.1) is 33.6 Å². The molecule has 0 aliphatic heterocycles. The summed E-state index contributed by atoms with van der Waals surface area (Å²) in [6.45, 7) is 15.4. The quantitative estimate of drug-likeness (QED) is 0.199. The first-order chi connectivity index (χ1) is 19.9. The van der Waals surface area contributed by atoms with Crippen LogP contribution in [-0.4, -0.2) is 9.78 Å². The average Bonchev–Trinajstić information content (AvgIpc) is 3.60. The molecular weight excluding hydrogens is 502 g/mol. The van der Waals surface area contributed by atoms with Gasteiger partial charge in [0, 0.05) is 23.3 Å². The molecule has 5 aromatic rings. The zero-order valence-corrected chi connectivity index (χ0v) is 24.9. The van der Waals surface area contributed by atoms with Crippen LogP contribution in [0.4, 0.5) is 0 Å². The summed E-state index contributed by atoms with van der Waals surface area (Å²) >= 11 is 0. The number of hydrogen-bond donors (Lipinski definition) is 1. The normalized spacial score (nSPS) is 10.8. The zero-order chi connectivity index (χ0) is 29.8. The van der Waals surface area contributed by atoms with E-state index in [4.69, 9.17) is 4.42 Å². The zero-order valence-electron chi connectivity index (χ0n) is 24.9. The molecule has 0 amide bonds. The van der Waals surface area contributed by atoms with Gasteiger partial charge < -0.3 is 9.73 Å². The highest BCUT2D eigenvalue weighted by Crippen LogP contribution is 2.22. The highest BCUT2D eigenvalue weighted by atomic mass is 16.3. The molecule has 0 atom stereocenters. The molecule has 2 heterocycles. The highest BCUT2D eigenvalue weighted by Gasteiger charge is 2.07. The van der Waals surface area contributed by atoms with E-state index < -0.39 is 0 Å².